The van der Waals surface area contributed by atoms with Crippen molar-refractivity contribution in [1.29, 1.82) is 0 Å². The van der Waals surface area contributed by atoms with Gasteiger partial charge in [-0.2, -0.15) is 4.57 Å². The Morgan fingerprint density at radius 3 is 2.21 bits per heavy atom. The van der Waals surface area contributed by atoms with Gasteiger partial charge in [-0.25, -0.2) is 0 Å². The van der Waals surface area contributed by atoms with Gasteiger partial charge in [0.25, 0.3) is 0 Å². The summed E-state index contributed by atoms with van der Waals surface area (Å²) in [6, 6.07) is 20.8. The molecule has 0 aliphatic carbocycles. The van der Waals surface area contributed by atoms with Crippen molar-refractivity contribution < 1.29 is 21.5 Å². The molecular formula is C17H14BrN. The van der Waals surface area contributed by atoms with Crippen LogP contribution in [0.1, 0.15) is 5.56 Å². The highest BCUT2D eigenvalue weighted by atomic mass is 79.9. The lowest BCUT2D eigenvalue weighted by molar-refractivity contribution is -0.565. The number of fused-ring (bicyclic) bond motifs is 1. The van der Waals surface area contributed by atoms with Gasteiger partial charge in [0.15, 0.2) is 18.6 Å². The predicted molar refractivity (Wildman–Crippen MR) is 75.8 cm³/mol. The summed E-state index contributed by atoms with van der Waals surface area (Å²) < 4.78 is 2.08. The number of benzene rings is 2. The van der Waals surface area contributed by atoms with E-state index in [4.69, 9.17) is 0 Å². The van der Waals surface area contributed by atoms with Crippen molar-refractivity contribution >= 4 is 23.0 Å². The summed E-state index contributed by atoms with van der Waals surface area (Å²) in [6.07, 6.45) is 8.38. The molecule has 0 fully saturated rings. The predicted octanol–water partition coefficient (Wildman–Crippen LogP) is 0.759. The molecule has 0 aliphatic heterocycles. The van der Waals surface area contributed by atoms with Gasteiger partial charge in [0.05, 0.1) is 0 Å². The molecular weight excluding hydrogens is 298 g/mol. The highest BCUT2D eigenvalue weighted by molar-refractivity contribution is 5.80. The minimum atomic E-state index is 0. The molecule has 1 aromatic heterocycles. The average Bonchev–Trinajstić information content (AvgIpc) is 2.46. The lowest BCUT2D eigenvalue weighted by Crippen LogP contribution is -3.00. The Morgan fingerprint density at radius 1 is 0.737 bits per heavy atom. The average molecular weight is 312 g/mol. The van der Waals surface area contributed by atoms with Gasteiger partial charge >= 0.3 is 0 Å². The Kier molecular flexibility index (Phi) is 4.48. The van der Waals surface area contributed by atoms with Crippen molar-refractivity contribution in [1.82, 2.24) is 0 Å². The third-order valence-electron chi connectivity index (χ3n) is 2.95. The first-order valence-corrected chi connectivity index (χ1v) is 6.05. The van der Waals surface area contributed by atoms with Crippen LogP contribution in [0.2, 0.25) is 0 Å². The Bertz CT molecular complexity index is 690. The topological polar surface area (TPSA) is 3.88 Å². The molecule has 0 saturated carbocycles. The molecule has 19 heavy (non-hydrogen) atoms. The SMILES string of the molecule is C(=C\[n+]1ccc2ccccc2c1)/c1ccccc1.[Br-]. The monoisotopic (exact) mass is 311 g/mol. The van der Waals surface area contributed by atoms with Crippen LogP contribution >= 0.6 is 0 Å². The number of nitrogens with zero attached hydrogens (tertiary/aromatic N) is 1. The minimum absolute atomic E-state index is 0. The molecule has 0 unspecified atom stereocenters. The standard InChI is InChI=1S/C17H14N.BrH/c1-2-6-15(7-3-1)10-12-18-13-11-16-8-4-5-9-17(16)14-18;/h1-14H;1H/q+1;/p-1/b12-10+;. The van der Waals surface area contributed by atoms with Crippen LogP contribution in [0.25, 0.3) is 23.0 Å². The van der Waals surface area contributed by atoms with Crippen molar-refractivity contribution in [2.24, 2.45) is 0 Å². The van der Waals surface area contributed by atoms with Crippen molar-refractivity contribution in [3.8, 4) is 0 Å². The molecule has 0 saturated heterocycles. The highest BCUT2D eigenvalue weighted by Gasteiger charge is 1.98. The van der Waals surface area contributed by atoms with Crippen molar-refractivity contribution in [3.63, 3.8) is 0 Å². The van der Waals surface area contributed by atoms with Crippen LogP contribution in [0.4, 0.5) is 0 Å². The Balaban J connectivity index is 0.00000133. The van der Waals surface area contributed by atoms with E-state index < -0.39 is 0 Å². The van der Waals surface area contributed by atoms with Gasteiger partial charge in [0, 0.05) is 17.5 Å². The Hall–Kier alpha value is -1.93. The van der Waals surface area contributed by atoms with Gasteiger partial charge in [0.1, 0.15) is 0 Å². The molecule has 0 amide bonds. The molecule has 0 aliphatic rings. The van der Waals surface area contributed by atoms with Crippen molar-refractivity contribution in [2.75, 3.05) is 0 Å². The second-order valence-electron chi connectivity index (χ2n) is 4.25. The number of hydrogen-bond donors (Lipinski definition) is 0. The minimum Gasteiger partial charge on any atom is -1.00 e. The summed E-state index contributed by atoms with van der Waals surface area (Å²) in [5.41, 5.74) is 1.21. The largest absolute Gasteiger partial charge is 1.00 e. The maximum atomic E-state index is 2.13. The summed E-state index contributed by atoms with van der Waals surface area (Å²) in [5.74, 6) is 0. The van der Waals surface area contributed by atoms with E-state index in [9.17, 15) is 0 Å². The number of aromatic nitrogens is 1. The molecule has 0 bridgehead atoms. The van der Waals surface area contributed by atoms with Crippen LogP contribution in [-0.4, -0.2) is 0 Å². The molecule has 1 heterocycles. The third kappa shape index (κ3) is 3.30. The van der Waals surface area contributed by atoms with Crippen LogP contribution in [0.3, 0.4) is 0 Å². The van der Waals surface area contributed by atoms with Crippen molar-refractivity contribution in [2.45, 2.75) is 0 Å². The van der Waals surface area contributed by atoms with Gasteiger partial charge in [-0.05, 0) is 17.0 Å². The van der Waals surface area contributed by atoms with E-state index in [2.05, 4.69) is 71.7 Å². The summed E-state index contributed by atoms with van der Waals surface area (Å²) >= 11 is 0. The van der Waals surface area contributed by atoms with E-state index in [1.54, 1.807) is 0 Å². The van der Waals surface area contributed by atoms with Crippen LogP contribution in [-0.2, 0) is 0 Å². The van der Waals surface area contributed by atoms with Crippen LogP contribution in [0, 0.1) is 0 Å². The summed E-state index contributed by atoms with van der Waals surface area (Å²) in [7, 11) is 0. The third-order valence-corrected chi connectivity index (χ3v) is 2.95. The lowest BCUT2D eigenvalue weighted by Gasteiger charge is -1.94. The second-order valence-corrected chi connectivity index (χ2v) is 4.25. The number of halogens is 1. The maximum Gasteiger partial charge on any atom is 0.182 e. The first-order valence-electron chi connectivity index (χ1n) is 6.05. The fraction of sp³-hybridized carbons (Fsp3) is 0. The highest BCUT2D eigenvalue weighted by Crippen LogP contribution is 2.09. The number of rotatable bonds is 2. The fourth-order valence-corrected chi connectivity index (χ4v) is 1.98. The summed E-state index contributed by atoms with van der Waals surface area (Å²) in [5, 5.41) is 2.51. The fourth-order valence-electron chi connectivity index (χ4n) is 1.98. The molecule has 3 aromatic rings. The van der Waals surface area contributed by atoms with Crippen LogP contribution in [0.15, 0.2) is 73.1 Å². The molecule has 94 valence electrons. The zero-order chi connectivity index (χ0) is 12.2. The van der Waals surface area contributed by atoms with Crippen molar-refractivity contribution in [3.05, 3.63) is 78.6 Å². The van der Waals surface area contributed by atoms with E-state index in [-0.39, 0.29) is 17.0 Å². The summed E-state index contributed by atoms with van der Waals surface area (Å²) in [6.45, 7) is 0. The molecule has 3 rings (SSSR count). The first kappa shape index (κ1) is 13.5. The first-order chi connectivity index (χ1) is 8.92. The molecule has 1 nitrogen and oxygen atoms in total. The second kappa shape index (κ2) is 6.30. The molecule has 0 N–H and O–H groups in total. The van der Waals surface area contributed by atoms with Gasteiger partial charge in [-0.1, -0.05) is 48.5 Å². The molecule has 2 heteroatoms. The van der Waals surface area contributed by atoms with Gasteiger partial charge in [-0.15, -0.1) is 0 Å². The Morgan fingerprint density at radius 2 is 1.42 bits per heavy atom. The number of pyridine rings is 1. The van der Waals surface area contributed by atoms with E-state index in [1.165, 1.54) is 16.3 Å². The zero-order valence-electron chi connectivity index (χ0n) is 10.4. The Labute approximate surface area is 123 Å². The van der Waals surface area contributed by atoms with E-state index in [0.29, 0.717) is 0 Å². The molecule has 2 aromatic carbocycles. The normalized spacial score (nSPS) is 10.5. The quantitative estimate of drug-likeness (QED) is 0.615. The van der Waals surface area contributed by atoms with Crippen LogP contribution < -0.4 is 21.5 Å². The lowest BCUT2D eigenvalue weighted by atomic mass is 10.2. The molecule has 0 radical (unpaired) electrons. The number of hydrogen-bond acceptors (Lipinski definition) is 0. The van der Waals surface area contributed by atoms with E-state index >= 15 is 0 Å². The zero-order valence-corrected chi connectivity index (χ0v) is 12.0. The smallest absolute Gasteiger partial charge is 0.182 e. The van der Waals surface area contributed by atoms with E-state index in [0.717, 1.165) is 0 Å². The van der Waals surface area contributed by atoms with Gasteiger partial charge < -0.3 is 17.0 Å². The van der Waals surface area contributed by atoms with Gasteiger partial charge in [0.2, 0.25) is 0 Å². The summed E-state index contributed by atoms with van der Waals surface area (Å²) in [4.78, 5) is 0. The van der Waals surface area contributed by atoms with E-state index in [1.807, 2.05) is 18.2 Å². The molecule has 0 spiro atoms. The molecule has 0 atom stereocenters. The van der Waals surface area contributed by atoms with Gasteiger partial charge in [-0.3, -0.25) is 0 Å². The maximum absolute atomic E-state index is 2.13. The van der Waals surface area contributed by atoms with Crippen LogP contribution in [0.5, 0.6) is 0 Å².